The number of rotatable bonds is 4. The summed E-state index contributed by atoms with van der Waals surface area (Å²) < 4.78 is 2.05. The van der Waals surface area contributed by atoms with Crippen molar-refractivity contribution in [2.24, 2.45) is 23.2 Å². The van der Waals surface area contributed by atoms with E-state index >= 15 is 0 Å². The monoisotopic (exact) mass is 455 g/mol. The van der Waals surface area contributed by atoms with Gasteiger partial charge in [-0.2, -0.15) is 5.10 Å². The van der Waals surface area contributed by atoms with E-state index in [-0.39, 0.29) is 23.1 Å². The molecule has 4 heterocycles. The lowest BCUT2D eigenvalue weighted by Gasteiger charge is -2.18. The van der Waals surface area contributed by atoms with E-state index in [9.17, 15) is 9.59 Å². The molecule has 32 heavy (non-hydrogen) atoms. The van der Waals surface area contributed by atoms with Crippen molar-refractivity contribution in [1.29, 1.82) is 0 Å². The highest BCUT2D eigenvalue weighted by molar-refractivity contribution is 6.33. The van der Waals surface area contributed by atoms with Crippen molar-refractivity contribution in [1.82, 2.24) is 19.7 Å². The highest BCUT2D eigenvalue weighted by Gasteiger charge is 2.44. The molecule has 2 aromatic rings. The number of hydrogen-bond donors (Lipinski definition) is 1. The van der Waals surface area contributed by atoms with Crippen LogP contribution in [0.4, 0.5) is 5.82 Å². The number of halogens is 1. The lowest BCUT2D eigenvalue weighted by molar-refractivity contribution is -0.130. The number of nitrogens with one attached hydrogen (secondary N) is 1. The van der Waals surface area contributed by atoms with Crippen molar-refractivity contribution in [3.8, 4) is 11.1 Å². The zero-order chi connectivity index (χ0) is 22.6. The van der Waals surface area contributed by atoms with Crippen molar-refractivity contribution in [2.45, 2.75) is 53.0 Å². The Morgan fingerprint density at radius 3 is 2.59 bits per heavy atom. The van der Waals surface area contributed by atoms with E-state index in [1.54, 1.807) is 6.20 Å². The Morgan fingerprint density at radius 1 is 1.19 bits per heavy atom. The van der Waals surface area contributed by atoms with Gasteiger partial charge in [0, 0.05) is 55.0 Å². The van der Waals surface area contributed by atoms with Crippen LogP contribution in [0.3, 0.4) is 0 Å². The molecule has 1 aliphatic carbocycles. The molecule has 2 fully saturated rings. The van der Waals surface area contributed by atoms with Crippen molar-refractivity contribution in [2.75, 3.05) is 18.4 Å². The number of fused-ring (bicyclic) bond motifs is 2. The Hall–Kier alpha value is -2.41. The van der Waals surface area contributed by atoms with E-state index in [1.165, 1.54) is 5.69 Å². The summed E-state index contributed by atoms with van der Waals surface area (Å²) in [5.41, 5.74) is 3.21. The van der Waals surface area contributed by atoms with Crippen LogP contribution in [0, 0.1) is 23.2 Å². The molecule has 0 aromatic carbocycles. The van der Waals surface area contributed by atoms with Crippen molar-refractivity contribution in [3.63, 3.8) is 0 Å². The average molecular weight is 456 g/mol. The normalized spacial score (nSPS) is 25.6. The summed E-state index contributed by atoms with van der Waals surface area (Å²) in [4.78, 5) is 31.3. The zero-order valence-electron chi connectivity index (χ0n) is 18.9. The highest BCUT2D eigenvalue weighted by Crippen LogP contribution is 2.43. The Bertz CT molecular complexity index is 1060. The Balaban J connectivity index is 1.28. The first kappa shape index (κ1) is 21.4. The third-order valence-corrected chi connectivity index (χ3v) is 7.65. The fourth-order valence-corrected chi connectivity index (χ4v) is 5.96. The lowest BCUT2D eigenvalue weighted by Crippen LogP contribution is -2.30. The van der Waals surface area contributed by atoms with Gasteiger partial charge >= 0.3 is 0 Å². The topological polar surface area (TPSA) is 80.1 Å². The molecule has 8 heteroatoms. The van der Waals surface area contributed by atoms with Gasteiger partial charge in [0.2, 0.25) is 11.8 Å². The molecule has 5 rings (SSSR count). The van der Waals surface area contributed by atoms with Gasteiger partial charge in [0.1, 0.15) is 5.82 Å². The van der Waals surface area contributed by atoms with Crippen LogP contribution in [0.1, 0.15) is 45.7 Å². The van der Waals surface area contributed by atoms with Crippen LogP contribution in [-0.4, -0.2) is 44.6 Å². The third-order valence-electron chi connectivity index (χ3n) is 7.35. The molecule has 1 unspecified atom stereocenters. The van der Waals surface area contributed by atoms with Crippen LogP contribution in [0.25, 0.3) is 11.1 Å². The summed E-state index contributed by atoms with van der Waals surface area (Å²) in [7, 11) is 0. The number of hydrogen-bond acceptors (Lipinski definition) is 4. The molecule has 3 aliphatic rings. The Labute approximate surface area is 193 Å². The fourth-order valence-electron chi connectivity index (χ4n) is 5.76. The number of nitrogens with zero attached hydrogens (tertiary/aromatic N) is 4. The van der Waals surface area contributed by atoms with Crippen LogP contribution < -0.4 is 5.32 Å². The summed E-state index contributed by atoms with van der Waals surface area (Å²) >= 11 is 6.50. The molecular formula is C24H30ClN5O2. The van der Waals surface area contributed by atoms with Crippen LogP contribution in [0.15, 0.2) is 18.5 Å². The zero-order valence-corrected chi connectivity index (χ0v) is 19.7. The molecule has 0 bridgehead atoms. The molecule has 1 N–H and O–H groups in total. The maximum Gasteiger partial charge on any atom is 0.228 e. The van der Waals surface area contributed by atoms with Gasteiger partial charge in [0.15, 0.2) is 0 Å². The van der Waals surface area contributed by atoms with E-state index in [1.807, 2.05) is 28.8 Å². The largest absolute Gasteiger partial charge is 0.342 e. The SMILES string of the molecule is CCC(=O)N1C[C@H]2CC(C(=O)Nc3cc(-c4cnn5c4CC(C)(C)C5)c(Cl)cn3)C[C@H]2C1. The van der Waals surface area contributed by atoms with Gasteiger partial charge in [-0.3, -0.25) is 14.3 Å². The quantitative estimate of drug-likeness (QED) is 0.755. The van der Waals surface area contributed by atoms with E-state index < -0.39 is 0 Å². The molecule has 170 valence electrons. The van der Waals surface area contributed by atoms with Crippen molar-refractivity contribution < 1.29 is 9.59 Å². The van der Waals surface area contributed by atoms with E-state index in [0.29, 0.717) is 29.1 Å². The molecule has 0 radical (unpaired) electrons. The number of anilines is 1. The molecule has 7 nitrogen and oxygen atoms in total. The first-order valence-corrected chi connectivity index (χ1v) is 11.9. The Morgan fingerprint density at radius 2 is 1.91 bits per heavy atom. The minimum Gasteiger partial charge on any atom is -0.342 e. The van der Waals surface area contributed by atoms with E-state index in [2.05, 4.69) is 29.2 Å². The molecular weight excluding hydrogens is 426 g/mol. The second kappa shape index (κ2) is 7.87. The summed E-state index contributed by atoms with van der Waals surface area (Å²) in [6.45, 7) is 8.83. The van der Waals surface area contributed by atoms with Gasteiger partial charge in [0.05, 0.1) is 11.2 Å². The smallest absolute Gasteiger partial charge is 0.228 e. The van der Waals surface area contributed by atoms with Gasteiger partial charge in [0.25, 0.3) is 0 Å². The number of carbonyl (C=O) groups is 2. The maximum absolute atomic E-state index is 13.0. The molecule has 2 aromatic heterocycles. The second-order valence-corrected chi connectivity index (χ2v) is 10.8. The van der Waals surface area contributed by atoms with Crippen LogP contribution >= 0.6 is 11.6 Å². The summed E-state index contributed by atoms with van der Waals surface area (Å²) in [5.74, 6) is 1.56. The molecule has 0 spiro atoms. The molecule has 1 saturated carbocycles. The number of pyridine rings is 1. The summed E-state index contributed by atoms with van der Waals surface area (Å²) in [5, 5.41) is 8.11. The van der Waals surface area contributed by atoms with Gasteiger partial charge in [-0.15, -0.1) is 0 Å². The first-order chi connectivity index (χ1) is 15.2. The van der Waals surface area contributed by atoms with Gasteiger partial charge in [-0.25, -0.2) is 4.98 Å². The van der Waals surface area contributed by atoms with Crippen LogP contribution in [0.5, 0.6) is 0 Å². The predicted octanol–water partition coefficient (Wildman–Crippen LogP) is 4.01. The van der Waals surface area contributed by atoms with Crippen LogP contribution in [-0.2, 0) is 22.6 Å². The molecule has 2 aliphatic heterocycles. The van der Waals surface area contributed by atoms with Crippen molar-refractivity contribution in [3.05, 3.63) is 29.2 Å². The maximum atomic E-state index is 13.0. The Kier molecular flexibility index (Phi) is 5.27. The average Bonchev–Trinajstić information content (AvgIpc) is 3.47. The second-order valence-electron chi connectivity index (χ2n) is 10.4. The molecule has 1 saturated heterocycles. The number of amides is 2. The first-order valence-electron chi connectivity index (χ1n) is 11.5. The van der Waals surface area contributed by atoms with Gasteiger partial charge in [-0.1, -0.05) is 32.4 Å². The van der Waals surface area contributed by atoms with Gasteiger partial charge < -0.3 is 10.2 Å². The highest BCUT2D eigenvalue weighted by atomic mass is 35.5. The molecule has 2 amide bonds. The standard InChI is InChI=1S/C24H30ClN5O2/c1-4-22(31)29-11-15-5-14(6-16(15)12-29)23(32)28-21-7-17(19(25)10-26-21)18-9-27-30-13-24(2,3)8-20(18)30/h7,9-10,14-16H,4-6,8,11-13H2,1-3H3,(H,26,28,32)/t14?,15-,16+. The van der Waals surface area contributed by atoms with Gasteiger partial charge in [-0.05, 0) is 42.6 Å². The van der Waals surface area contributed by atoms with Crippen molar-refractivity contribution >= 4 is 29.2 Å². The van der Waals surface area contributed by atoms with E-state index in [0.717, 1.165) is 50.0 Å². The lowest BCUT2D eigenvalue weighted by atomic mass is 9.89. The van der Waals surface area contributed by atoms with E-state index in [4.69, 9.17) is 11.6 Å². The third kappa shape index (κ3) is 3.81. The number of likely N-dealkylation sites (tertiary alicyclic amines) is 1. The fraction of sp³-hybridized carbons (Fsp3) is 0.583. The number of aromatic nitrogens is 3. The molecule has 3 atom stereocenters. The minimum absolute atomic E-state index is 0.00917. The summed E-state index contributed by atoms with van der Waals surface area (Å²) in [6.07, 6.45) is 6.61. The number of carbonyl (C=O) groups excluding carboxylic acids is 2. The predicted molar refractivity (Wildman–Crippen MR) is 123 cm³/mol. The minimum atomic E-state index is -0.0361. The summed E-state index contributed by atoms with van der Waals surface area (Å²) in [6, 6.07) is 1.86. The van der Waals surface area contributed by atoms with Crippen LogP contribution in [0.2, 0.25) is 5.02 Å².